The normalized spacial score (nSPS) is 10.4. The number of aryl methyl sites for hydroxylation is 1. The van der Waals surface area contributed by atoms with Crippen LogP contribution in [0.5, 0.6) is 0 Å². The number of imidazole rings is 1. The monoisotopic (exact) mass is 216 g/mol. The molecule has 0 radical (unpaired) electrons. The molecule has 0 saturated carbocycles. The van der Waals surface area contributed by atoms with Gasteiger partial charge in [0.15, 0.2) is 5.82 Å². The Hall–Kier alpha value is -2.01. The number of aromatic nitrogens is 3. The fourth-order valence-corrected chi connectivity index (χ4v) is 1.44. The SMILES string of the molecule is Cn1ccnc1C(=O)c1ccnc(CN)c1. The summed E-state index contributed by atoms with van der Waals surface area (Å²) in [5.74, 6) is 0.291. The quantitative estimate of drug-likeness (QED) is 0.758. The van der Waals surface area contributed by atoms with Crippen molar-refractivity contribution < 1.29 is 4.79 Å². The summed E-state index contributed by atoms with van der Waals surface area (Å²) in [5, 5.41) is 0. The van der Waals surface area contributed by atoms with Gasteiger partial charge in [-0.1, -0.05) is 0 Å². The first-order valence-corrected chi connectivity index (χ1v) is 4.89. The number of pyridine rings is 1. The maximum absolute atomic E-state index is 12.0. The van der Waals surface area contributed by atoms with Gasteiger partial charge in [0.2, 0.25) is 5.78 Å². The molecule has 2 N–H and O–H groups in total. The predicted molar refractivity (Wildman–Crippen MR) is 58.8 cm³/mol. The van der Waals surface area contributed by atoms with E-state index < -0.39 is 0 Å². The average Bonchev–Trinajstić information content (AvgIpc) is 2.74. The highest BCUT2D eigenvalue weighted by molar-refractivity contribution is 6.06. The third kappa shape index (κ3) is 1.85. The van der Waals surface area contributed by atoms with Crippen molar-refractivity contribution >= 4 is 5.78 Å². The smallest absolute Gasteiger partial charge is 0.228 e. The van der Waals surface area contributed by atoms with Crippen molar-refractivity contribution in [2.45, 2.75) is 6.54 Å². The first kappa shape index (κ1) is 10.5. The Morgan fingerprint density at radius 1 is 1.44 bits per heavy atom. The molecule has 0 fully saturated rings. The fourth-order valence-electron chi connectivity index (χ4n) is 1.44. The molecular weight excluding hydrogens is 204 g/mol. The Morgan fingerprint density at radius 2 is 2.25 bits per heavy atom. The number of ketones is 1. The van der Waals surface area contributed by atoms with Crippen molar-refractivity contribution in [1.29, 1.82) is 0 Å². The van der Waals surface area contributed by atoms with Crippen LogP contribution < -0.4 is 5.73 Å². The molecule has 16 heavy (non-hydrogen) atoms. The van der Waals surface area contributed by atoms with Gasteiger partial charge in [0.1, 0.15) is 0 Å². The molecule has 0 aliphatic carbocycles. The molecule has 0 amide bonds. The summed E-state index contributed by atoms with van der Waals surface area (Å²) in [6.45, 7) is 0.321. The molecule has 0 aromatic carbocycles. The van der Waals surface area contributed by atoms with Crippen molar-refractivity contribution in [1.82, 2.24) is 14.5 Å². The molecule has 0 saturated heterocycles. The minimum absolute atomic E-state index is 0.121. The fraction of sp³-hybridized carbons (Fsp3) is 0.182. The van der Waals surface area contributed by atoms with Crippen LogP contribution in [0.25, 0.3) is 0 Å². The van der Waals surface area contributed by atoms with Crippen LogP contribution in [-0.2, 0) is 13.6 Å². The van der Waals surface area contributed by atoms with Crippen LogP contribution in [0.4, 0.5) is 0 Å². The zero-order chi connectivity index (χ0) is 11.5. The first-order chi connectivity index (χ1) is 7.72. The second-order valence-corrected chi connectivity index (χ2v) is 3.43. The lowest BCUT2D eigenvalue weighted by Gasteiger charge is -2.02. The number of nitrogens with two attached hydrogens (primary N) is 1. The van der Waals surface area contributed by atoms with Gasteiger partial charge < -0.3 is 10.3 Å². The van der Waals surface area contributed by atoms with Gasteiger partial charge in [0.25, 0.3) is 0 Å². The van der Waals surface area contributed by atoms with Crippen LogP contribution in [0.15, 0.2) is 30.7 Å². The van der Waals surface area contributed by atoms with Crippen molar-refractivity contribution in [3.05, 3.63) is 47.8 Å². The van der Waals surface area contributed by atoms with Crippen LogP contribution in [0.1, 0.15) is 21.9 Å². The van der Waals surface area contributed by atoms with Crippen molar-refractivity contribution in [2.75, 3.05) is 0 Å². The summed E-state index contributed by atoms with van der Waals surface area (Å²) in [7, 11) is 1.78. The minimum atomic E-state index is -0.121. The summed E-state index contributed by atoms with van der Waals surface area (Å²) in [6, 6.07) is 3.35. The van der Waals surface area contributed by atoms with E-state index in [1.54, 1.807) is 42.3 Å². The molecule has 5 heteroatoms. The first-order valence-electron chi connectivity index (χ1n) is 4.89. The Balaban J connectivity index is 2.38. The van der Waals surface area contributed by atoms with Gasteiger partial charge in [0.05, 0.1) is 5.69 Å². The van der Waals surface area contributed by atoms with Crippen LogP contribution >= 0.6 is 0 Å². The van der Waals surface area contributed by atoms with Crippen LogP contribution in [0.2, 0.25) is 0 Å². The van der Waals surface area contributed by atoms with E-state index in [-0.39, 0.29) is 5.78 Å². The second-order valence-electron chi connectivity index (χ2n) is 3.43. The zero-order valence-corrected chi connectivity index (χ0v) is 8.92. The van der Waals surface area contributed by atoms with E-state index in [0.29, 0.717) is 23.6 Å². The molecule has 2 aromatic rings. The Kier molecular flexibility index (Phi) is 2.78. The number of carbonyl (C=O) groups excluding carboxylic acids is 1. The van der Waals surface area contributed by atoms with Crippen LogP contribution in [0, 0.1) is 0 Å². The van der Waals surface area contributed by atoms with Gasteiger partial charge in [0, 0.05) is 37.7 Å². The van der Waals surface area contributed by atoms with E-state index in [2.05, 4.69) is 9.97 Å². The molecule has 2 aromatic heterocycles. The van der Waals surface area contributed by atoms with Gasteiger partial charge in [-0.3, -0.25) is 9.78 Å². The van der Waals surface area contributed by atoms with E-state index in [0.717, 1.165) is 0 Å². The van der Waals surface area contributed by atoms with Crippen molar-refractivity contribution in [3.63, 3.8) is 0 Å². The van der Waals surface area contributed by atoms with Crippen molar-refractivity contribution in [2.24, 2.45) is 12.8 Å². The molecule has 0 aliphatic heterocycles. The standard InChI is InChI=1S/C11H12N4O/c1-15-5-4-14-11(15)10(16)8-2-3-13-9(6-8)7-12/h2-6H,7,12H2,1H3. The third-order valence-corrected chi connectivity index (χ3v) is 2.31. The highest BCUT2D eigenvalue weighted by Gasteiger charge is 2.13. The lowest BCUT2D eigenvalue weighted by atomic mass is 10.1. The summed E-state index contributed by atoms with van der Waals surface area (Å²) >= 11 is 0. The number of hydrogen-bond donors (Lipinski definition) is 1. The molecule has 0 atom stereocenters. The Labute approximate surface area is 92.9 Å². The summed E-state index contributed by atoms with van der Waals surface area (Å²) in [5.41, 5.74) is 6.73. The van der Waals surface area contributed by atoms with Gasteiger partial charge in [-0.15, -0.1) is 0 Å². The molecule has 5 nitrogen and oxygen atoms in total. The average molecular weight is 216 g/mol. The van der Waals surface area contributed by atoms with Crippen LogP contribution in [-0.4, -0.2) is 20.3 Å². The molecule has 2 rings (SSSR count). The molecule has 0 aliphatic rings. The summed E-state index contributed by atoms with van der Waals surface area (Å²) in [4.78, 5) is 20.1. The van der Waals surface area contributed by atoms with E-state index in [1.165, 1.54) is 0 Å². The van der Waals surface area contributed by atoms with E-state index in [9.17, 15) is 4.79 Å². The van der Waals surface area contributed by atoms with Crippen LogP contribution in [0.3, 0.4) is 0 Å². The maximum Gasteiger partial charge on any atom is 0.228 e. The Bertz CT molecular complexity index is 518. The molecule has 2 heterocycles. The predicted octanol–water partition coefficient (Wildman–Crippen LogP) is 0.505. The molecule has 0 spiro atoms. The van der Waals surface area contributed by atoms with Crippen molar-refractivity contribution in [3.8, 4) is 0 Å². The second kappa shape index (κ2) is 4.24. The number of hydrogen-bond acceptors (Lipinski definition) is 4. The minimum Gasteiger partial charge on any atom is -0.331 e. The number of rotatable bonds is 3. The molecular formula is C11H12N4O. The zero-order valence-electron chi connectivity index (χ0n) is 8.92. The molecule has 0 unspecified atom stereocenters. The highest BCUT2D eigenvalue weighted by atomic mass is 16.1. The van der Waals surface area contributed by atoms with E-state index >= 15 is 0 Å². The lowest BCUT2D eigenvalue weighted by molar-refractivity contribution is 0.102. The van der Waals surface area contributed by atoms with Gasteiger partial charge >= 0.3 is 0 Å². The van der Waals surface area contributed by atoms with Gasteiger partial charge in [-0.05, 0) is 12.1 Å². The lowest BCUT2D eigenvalue weighted by Crippen LogP contribution is -2.10. The highest BCUT2D eigenvalue weighted by Crippen LogP contribution is 2.08. The van der Waals surface area contributed by atoms with E-state index in [4.69, 9.17) is 5.73 Å². The topological polar surface area (TPSA) is 73.8 Å². The van der Waals surface area contributed by atoms with Gasteiger partial charge in [-0.25, -0.2) is 4.98 Å². The summed E-state index contributed by atoms with van der Waals surface area (Å²) < 4.78 is 1.69. The molecule has 82 valence electrons. The van der Waals surface area contributed by atoms with E-state index in [1.807, 2.05) is 0 Å². The van der Waals surface area contributed by atoms with Gasteiger partial charge in [-0.2, -0.15) is 0 Å². The molecule has 0 bridgehead atoms. The number of carbonyl (C=O) groups is 1. The summed E-state index contributed by atoms with van der Waals surface area (Å²) in [6.07, 6.45) is 4.91. The third-order valence-electron chi connectivity index (χ3n) is 2.31. The largest absolute Gasteiger partial charge is 0.331 e. The number of nitrogens with zero attached hydrogens (tertiary/aromatic N) is 3. The Morgan fingerprint density at radius 3 is 2.88 bits per heavy atom. The maximum atomic E-state index is 12.0.